The van der Waals surface area contributed by atoms with Gasteiger partial charge in [0.05, 0.1) is 12.3 Å². The van der Waals surface area contributed by atoms with Crippen molar-refractivity contribution in [1.82, 2.24) is 0 Å². The number of hydrogen-bond donors (Lipinski definition) is 0. The Morgan fingerprint density at radius 3 is 2.80 bits per heavy atom. The third kappa shape index (κ3) is 3.02. The lowest BCUT2D eigenvalue weighted by Gasteiger charge is -2.19. The Morgan fingerprint density at radius 1 is 1.53 bits per heavy atom. The molecule has 0 aromatic heterocycles. The highest BCUT2D eigenvalue weighted by molar-refractivity contribution is 5.75. The Labute approximate surface area is 88.5 Å². The molecule has 0 fully saturated rings. The van der Waals surface area contributed by atoms with Crippen LogP contribution in [0.2, 0.25) is 0 Å². The highest BCUT2D eigenvalue weighted by Gasteiger charge is 2.07. The van der Waals surface area contributed by atoms with Crippen LogP contribution in [-0.2, 0) is 4.74 Å². The third-order valence-corrected chi connectivity index (χ3v) is 2.15. The van der Waals surface area contributed by atoms with E-state index >= 15 is 0 Å². The zero-order chi connectivity index (χ0) is 11.3. The molecule has 1 aromatic carbocycles. The van der Waals surface area contributed by atoms with Crippen molar-refractivity contribution in [3.63, 3.8) is 0 Å². The standard InChI is InChI=1S/C11H14FNO2/c1-13(5-6-15-2)11-4-3-9(8-14)7-10(11)12/h3-4,7-8H,5-6H2,1-2H3. The summed E-state index contributed by atoms with van der Waals surface area (Å²) < 4.78 is 18.4. The van der Waals surface area contributed by atoms with Gasteiger partial charge in [0.2, 0.25) is 0 Å². The Morgan fingerprint density at radius 2 is 2.27 bits per heavy atom. The second kappa shape index (κ2) is 5.46. The molecule has 0 heterocycles. The van der Waals surface area contributed by atoms with E-state index in [1.54, 1.807) is 31.2 Å². The van der Waals surface area contributed by atoms with Gasteiger partial charge in [0.25, 0.3) is 0 Å². The summed E-state index contributed by atoms with van der Waals surface area (Å²) in [7, 11) is 3.37. The van der Waals surface area contributed by atoms with Gasteiger partial charge >= 0.3 is 0 Å². The summed E-state index contributed by atoms with van der Waals surface area (Å²) in [5.74, 6) is -0.391. The van der Waals surface area contributed by atoms with Crippen molar-refractivity contribution in [1.29, 1.82) is 0 Å². The van der Waals surface area contributed by atoms with Gasteiger partial charge < -0.3 is 9.64 Å². The summed E-state index contributed by atoms with van der Waals surface area (Å²) in [5.41, 5.74) is 0.814. The molecule has 1 aromatic rings. The minimum atomic E-state index is -0.391. The normalized spacial score (nSPS) is 10.1. The van der Waals surface area contributed by atoms with Gasteiger partial charge in [0.15, 0.2) is 0 Å². The highest BCUT2D eigenvalue weighted by atomic mass is 19.1. The first-order valence-corrected chi connectivity index (χ1v) is 4.64. The van der Waals surface area contributed by atoms with Crippen LogP contribution in [0, 0.1) is 5.82 Å². The van der Waals surface area contributed by atoms with E-state index in [2.05, 4.69) is 0 Å². The average molecular weight is 211 g/mol. The second-order valence-electron chi connectivity index (χ2n) is 3.24. The first-order chi connectivity index (χ1) is 7.19. The molecule has 0 amide bonds. The van der Waals surface area contributed by atoms with Gasteiger partial charge in [-0.3, -0.25) is 4.79 Å². The largest absolute Gasteiger partial charge is 0.383 e. The highest BCUT2D eigenvalue weighted by Crippen LogP contribution is 2.18. The van der Waals surface area contributed by atoms with E-state index in [1.165, 1.54) is 6.07 Å². The van der Waals surface area contributed by atoms with Gasteiger partial charge in [-0.15, -0.1) is 0 Å². The molecule has 4 heteroatoms. The zero-order valence-corrected chi connectivity index (χ0v) is 8.87. The van der Waals surface area contributed by atoms with Gasteiger partial charge in [-0.2, -0.15) is 0 Å². The third-order valence-electron chi connectivity index (χ3n) is 2.15. The summed E-state index contributed by atoms with van der Waals surface area (Å²) in [6, 6.07) is 4.41. The van der Waals surface area contributed by atoms with Crippen molar-refractivity contribution < 1.29 is 13.9 Å². The van der Waals surface area contributed by atoms with E-state index in [9.17, 15) is 9.18 Å². The fourth-order valence-corrected chi connectivity index (χ4v) is 1.25. The number of aldehydes is 1. The molecule has 0 aliphatic rings. The van der Waals surface area contributed by atoms with Gasteiger partial charge in [-0.05, 0) is 18.2 Å². The van der Waals surface area contributed by atoms with E-state index in [4.69, 9.17) is 4.74 Å². The number of ether oxygens (including phenoxy) is 1. The van der Waals surface area contributed by atoms with Gasteiger partial charge in [-0.25, -0.2) is 4.39 Å². The number of nitrogens with zero attached hydrogens (tertiary/aromatic N) is 1. The maximum atomic E-state index is 13.5. The number of methoxy groups -OCH3 is 1. The quantitative estimate of drug-likeness (QED) is 0.694. The predicted molar refractivity (Wildman–Crippen MR) is 56.9 cm³/mol. The molecule has 0 aliphatic heterocycles. The Hall–Kier alpha value is -1.42. The molecule has 0 N–H and O–H groups in total. The molecular weight excluding hydrogens is 197 g/mol. The molecule has 82 valence electrons. The van der Waals surface area contributed by atoms with Crippen molar-refractivity contribution >= 4 is 12.0 Å². The topological polar surface area (TPSA) is 29.5 Å². The SMILES string of the molecule is COCCN(C)c1ccc(C=O)cc1F. The lowest BCUT2D eigenvalue weighted by molar-refractivity contribution is 0.112. The monoisotopic (exact) mass is 211 g/mol. The van der Waals surface area contributed by atoms with E-state index < -0.39 is 5.82 Å². The molecule has 15 heavy (non-hydrogen) atoms. The Kier molecular flexibility index (Phi) is 4.24. The van der Waals surface area contributed by atoms with Crippen LogP contribution in [0.3, 0.4) is 0 Å². The van der Waals surface area contributed by atoms with Crippen LogP contribution >= 0.6 is 0 Å². The minimum absolute atomic E-state index is 0.344. The van der Waals surface area contributed by atoms with Crippen LogP contribution < -0.4 is 4.90 Å². The summed E-state index contributed by atoms with van der Waals surface area (Å²) in [6.07, 6.45) is 0.627. The van der Waals surface area contributed by atoms with Crippen LogP contribution in [0.25, 0.3) is 0 Å². The van der Waals surface area contributed by atoms with Gasteiger partial charge in [0, 0.05) is 26.3 Å². The van der Waals surface area contributed by atoms with Crippen LogP contribution in [-0.4, -0.2) is 33.6 Å². The number of rotatable bonds is 5. The first-order valence-electron chi connectivity index (χ1n) is 4.64. The number of carbonyl (C=O) groups is 1. The molecule has 3 nitrogen and oxygen atoms in total. The molecule has 0 unspecified atom stereocenters. The van der Waals surface area contributed by atoms with Gasteiger partial charge in [-0.1, -0.05) is 0 Å². The molecule has 0 radical (unpaired) electrons. The number of anilines is 1. The molecule has 0 bridgehead atoms. The van der Waals surface area contributed by atoms with Crippen LogP contribution in [0.5, 0.6) is 0 Å². The summed E-state index contributed by atoms with van der Waals surface area (Å²) in [5, 5.41) is 0. The zero-order valence-electron chi connectivity index (χ0n) is 8.87. The lowest BCUT2D eigenvalue weighted by Crippen LogP contribution is -2.23. The number of carbonyl (C=O) groups excluding carboxylic acids is 1. The summed E-state index contributed by atoms with van der Waals surface area (Å²) >= 11 is 0. The van der Waals surface area contributed by atoms with Crippen molar-refractivity contribution in [2.24, 2.45) is 0 Å². The van der Waals surface area contributed by atoms with Crippen molar-refractivity contribution in [3.05, 3.63) is 29.6 Å². The predicted octanol–water partition coefficient (Wildman–Crippen LogP) is 1.72. The smallest absolute Gasteiger partial charge is 0.150 e. The van der Waals surface area contributed by atoms with Gasteiger partial charge in [0.1, 0.15) is 12.1 Å². The maximum absolute atomic E-state index is 13.5. The maximum Gasteiger partial charge on any atom is 0.150 e. The number of likely N-dealkylation sites (N-methyl/N-ethyl adjacent to an activating group) is 1. The number of hydrogen-bond acceptors (Lipinski definition) is 3. The average Bonchev–Trinajstić information content (AvgIpc) is 2.25. The molecule has 0 spiro atoms. The Bertz CT molecular complexity index is 341. The molecular formula is C11H14FNO2. The summed E-state index contributed by atoms with van der Waals surface area (Å²) in [6.45, 7) is 1.14. The van der Waals surface area contributed by atoms with E-state index in [0.29, 0.717) is 30.7 Å². The van der Waals surface area contributed by atoms with Crippen molar-refractivity contribution in [2.45, 2.75) is 0 Å². The number of benzene rings is 1. The van der Waals surface area contributed by atoms with E-state index in [1.807, 2.05) is 0 Å². The molecule has 1 rings (SSSR count). The van der Waals surface area contributed by atoms with E-state index in [0.717, 1.165) is 0 Å². The van der Waals surface area contributed by atoms with Crippen molar-refractivity contribution in [3.8, 4) is 0 Å². The lowest BCUT2D eigenvalue weighted by atomic mass is 10.2. The number of halogens is 1. The first kappa shape index (κ1) is 11.7. The second-order valence-corrected chi connectivity index (χ2v) is 3.24. The fraction of sp³-hybridized carbons (Fsp3) is 0.364. The van der Waals surface area contributed by atoms with E-state index in [-0.39, 0.29) is 0 Å². The van der Waals surface area contributed by atoms with Crippen LogP contribution in [0.15, 0.2) is 18.2 Å². The Balaban J connectivity index is 2.80. The molecule has 0 atom stereocenters. The van der Waals surface area contributed by atoms with Crippen molar-refractivity contribution in [2.75, 3.05) is 32.2 Å². The fourth-order valence-electron chi connectivity index (χ4n) is 1.25. The van der Waals surface area contributed by atoms with Crippen LogP contribution in [0.4, 0.5) is 10.1 Å². The molecule has 0 saturated carbocycles. The summed E-state index contributed by atoms with van der Waals surface area (Å²) in [4.78, 5) is 12.2. The molecule has 0 saturated heterocycles. The van der Waals surface area contributed by atoms with Crippen LogP contribution in [0.1, 0.15) is 10.4 Å². The minimum Gasteiger partial charge on any atom is -0.383 e. The molecule has 0 aliphatic carbocycles.